The van der Waals surface area contributed by atoms with Crippen molar-refractivity contribution in [3.63, 3.8) is 0 Å². The highest BCUT2D eigenvalue weighted by molar-refractivity contribution is 5.28. The number of ether oxygens (including phenoxy) is 1. The van der Waals surface area contributed by atoms with Crippen LogP contribution in [0.15, 0.2) is 54.6 Å². The van der Waals surface area contributed by atoms with E-state index in [4.69, 9.17) is 4.74 Å². The van der Waals surface area contributed by atoms with Gasteiger partial charge in [0.25, 0.3) is 0 Å². The minimum atomic E-state index is -0.0463. The van der Waals surface area contributed by atoms with Crippen LogP contribution in [0.3, 0.4) is 0 Å². The molecule has 0 aromatic heterocycles. The Balaban J connectivity index is 1.80. The minimum absolute atomic E-state index is 0.0463. The first-order valence-corrected chi connectivity index (χ1v) is 6.93. The summed E-state index contributed by atoms with van der Waals surface area (Å²) in [6, 6.07) is 20.4. The maximum absolute atomic E-state index is 9.27. The SMILES string of the molecule is Cc1ccc(C(C#N)CCCOc2ccccc2)cc1. The average Bonchev–Trinajstić information content (AvgIpc) is 2.50. The van der Waals surface area contributed by atoms with Crippen molar-refractivity contribution in [2.75, 3.05) is 6.61 Å². The predicted octanol–water partition coefficient (Wildman–Crippen LogP) is 4.46. The smallest absolute Gasteiger partial charge is 0.119 e. The van der Waals surface area contributed by atoms with E-state index in [1.807, 2.05) is 42.5 Å². The second-order valence-electron chi connectivity index (χ2n) is 4.90. The number of nitriles is 1. The standard InChI is InChI=1S/C18H19NO/c1-15-9-11-16(12-10-15)17(14-19)6-5-13-20-18-7-3-2-4-8-18/h2-4,7-12,17H,5-6,13H2,1H3. The van der Waals surface area contributed by atoms with Crippen LogP contribution in [0.4, 0.5) is 0 Å². The summed E-state index contributed by atoms with van der Waals surface area (Å²) < 4.78 is 5.65. The number of hydrogen-bond donors (Lipinski definition) is 0. The third-order valence-corrected chi connectivity index (χ3v) is 3.28. The van der Waals surface area contributed by atoms with Gasteiger partial charge in [-0.1, -0.05) is 48.0 Å². The fraction of sp³-hybridized carbons (Fsp3) is 0.278. The van der Waals surface area contributed by atoms with Gasteiger partial charge in [0.05, 0.1) is 18.6 Å². The van der Waals surface area contributed by atoms with Gasteiger partial charge in [-0.05, 0) is 37.5 Å². The van der Waals surface area contributed by atoms with Gasteiger partial charge in [-0.3, -0.25) is 0 Å². The van der Waals surface area contributed by atoms with Crippen LogP contribution in [0.1, 0.15) is 29.9 Å². The molecular formula is C18H19NO. The molecule has 0 aliphatic carbocycles. The molecule has 0 heterocycles. The molecule has 2 rings (SSSR count). The highest BCUT2D eigenvalue weighted by atomic mass is 16.5. The molecule has 2 aromatic carbocycles. The summed E-state index contributed by atoms with van der Waals surface area (Å²) in [6.07, 6.45) is 1.70. The zero-order valence-electron chi connectivity index (χ0n) is 11.8. The van der Waals surface area contributed by atoms with Gasteiger partial charge in [0.1, 0.15) is 5.75 Å². The van der Waals surface area contributed by atoms with Crippen molar-refractivity contribution in [2.45, 2.75) is 25.7 Å². The summed E-state index contributed by atoms with van der Waals surface area (Å²) in [5.41, 5.74) is 2.32. The van der Waals surface area contributed by atoms with Crippen molar-refractivity contribution in [3.8, 4) is 11.8 Å². The molecule has 1 unspecified atom stereocenters. The molecule has 2 nitrogen and oxygen atoms in total. The lowest BCUT2D eigenvalue weighted by Crippen LogP contribution is -2.02. The molecule has 1 atom stereocenters. The van der Waals surface area contributed by atoms with Crippen LogP contribution in [-0.2, 0) is 0 Å². The Bertz CT molecular complexity index is 554. The van der Waals surface area contributed by atoms with Gasteiger partial charge in [0, 0.05) is 0 Å². The predicted molar refractivity (Wildman–Crippen MR) is 80.7 cm³/mol. The third kappa shape index (κ3) is 4.13. The number of para-hydroxylation sites is 1. The average molecular weight is 265 g/mol. The molecule has 0 N–H and O–H groups in total. The maximum Gasteiger partial charge on any atom is 0.119 e. The lowest BCUT2D eigenvalue weighted by molar-refractivity contribution is 0.305. The molecular weight excluding hydrogens is 246 g/mol. The van der Waals surface area contributed by atoms with Gasteiger partial charge < -0.3 is 4.74 Å². The van der Waals surface area contributed by atoms with Crippen LogP contribution < -0.4 is 4.74 Å². The normalized spacial score (nSPS) is 11.6. The first-order chi connectivity index (χ1) is 9.79. The number of aryl methyl sites for hydroxylation is 1. The van der Waals surface area contributed by atoms with Crippen LogP contribution in [0, 0.1) is 18.3 Å². The van der Waals surface area contributed by atoms with Crippen LogP contribution in [0.25, 0.3) is 0 Å². The topological polar surface area (TPSA) is 33.0 Å². The van der Waals surface area contributed by atoms with Gasteiger partial charge >= 0.3 is 0 Å². The Kier molecular flexibility index (Phi) is 5.20. The zero-order chi connectivity index (χ0) is 14.2. The van der Waals surface area contributed by atoms with Crippen molar-refractivity contribution in [1.29, 1.82) is 5.26 Å². The molecule has 2 heteroatoms. The molecule has 0 spiro atoms. The van der Waals surface area contributed by atoms with Crippen molar-refractivity contribution in [1.82, 2.24) is 0 Å². The van der Waals surface area contributed by atoms with Crippen molar-refractivity contribution in [3.05, 3.63) is 65.7 Å². The maximum atomic E-state index is 9.27. The summed E-state index contributed by atoms with van der Waals surface area (Å²) in [7, 11) is 0. The van der Waals surface area contributed by atoms with Gasteiger partial charge in [-0.15, -0.1) is 0 Å². The van der Waals surface area contributed by atoms with Crippen molar-refractivity contribution >= 4 is 0 Å². The lowest BCUT2D eigenvalue weighted by atomic mass is 9.95. The summed E-state index contributed by atoms with van der Waals surface area (Å²) in [6.45, 7) is 2.70. The Hall–Kier alpha value is -2.27. The quantitative estimate of drug-likeness (QED) is 0.722. The molecule has 0 aliphatic heterocycles. The van der Waals surface area contributed by atoms with Gasteiger partial charge in [0.2, 0.25) is 0 Å². The molecule has 0 bridgehead atoms. The summed E-state index contributed by atoms with van der Waals surface area (Å²) in [4.78, 5) is 0. The van der Waals surface area contributed by atoms with E-state index in [-0.39, 0.29) is 5.92 Å². The molecule has 0 saturated carbocycles. The lowest BCUT2D eigenvalue weighted by Gasteiger charge is -2.10. The molecule has 20 heavy (non-hydrogen) atoms. The molecule has 102 valence electrons. The molecule has 0 radical (unpaired) electrons. The molecule has 0 saturated heterocycles. The molecule has 0 aliphatic rings. The van der Waals surface area contributed by atoms with Gasteiger partial charge in [0.15, 0.2) is 0 Å². The second kappa shape index (κ2) is 7.35. The number of benzene rings is 2. The minimum Gasteiger partial charge on any atom is -0.494 e. The number of hydrogen-bond acceptors (Lipinski definition) is 2. The Morgan fingerprint density at radius 1 is 1.05 bits per heavy atom. The fourth-order valence-corrected chi connectivity index (χ4v) is 2.10. The second-order valence-corrected chi connectivity index (χ2v) is 4.90. The van der Waals surface area contributed by atoms with Crippen LogP contribution in [0.2, 0.25) is 0 Å². The first kappa shape index (κ1) is 14.1. The van der Waals surface area contributed by atoms with E-state index >= 15 is 0 Å². The largest absolute Gasteiger partial charge is 0.494 e. The van der Waals surface area contributed by atoms with Crippen LogP contribution in [0.5, 0.6) is 5.75 Å². The van der Waals surface area contributed by atoms with Crippen LogP contribution in [-0.4, -0.2) is 6.61 Å². The van der Waals surface area contributed by atoms with Crippen molar-refractivity contribution < 1.29 is 4.74 Å². The third-order valence-electron chi connectivity index (χ3n) is 3.28. The Morgan fingerprint density at radius 3 is 2.40 bits per heavy atom. The molecule has 2 aromatic rings. The van der Waals surface area contributed by atoms with Crippen molar-refractivity contribution in [2.24, 2.45) is 0 Å². The van der Waals surface area contributed by atoms with E-state index in [9.17, 15) is 5.26 Å². The first-order valence-electron chi connectivity index (χ1n) is 6.93. The van der Waals surface area contributed by atoms with Gasteiger partial charge in [-0.25, -0.2) is 0 Å². The van der Waals surface area contributed by atoms with E-state index in [1.54, 1.807) is 0 Å². The monoisotopic (exact) mass is 265 g/mol. The van der Waals surface area contributed by atoms with E-state index in [2.05, 4.69) is 25.1 Å². The summed E-state index contributed by atoms with van der Waals surface area (Å²) >= 11 is 0. The number of nitrogens with zero attached hydrogens (tertiary/aromatic N) is 1. The summed E-state index contributed by atoms with van der Waals surface area (Å²) in [5.74, 6) is 0.839. The Labute approximate surface area is 120 Å². The van der Waals surface area contributed by atoms with E-state index in [0.29, 0.717) is 6.61 Å². The van der Waals surface area contributed by atoms with Gasteiger partial charge in [-0.2, -0.15) is 5.26 Å². The van der Waals surface area contributed by atoms with E-state index in [0.717, 1.165) is 24.2 Å². The highest BCUT2D eigenvalue weighted by Gasteiger charge is 2.09. The number of rotatable bonds is 6. The Morgan fingerprint density at radius 2 is 1.75 bits per heavy atom. The highest BCUT2D eigenvalue weighted by Crippen LogP contribution is 2.21. The zero-order valence-corrected chi connectivity index (χ0v) is 11.8. The van der Waals surface area contributed by atoms with E-state index < -0.39 is 0 Å². The summed E-state index contributed by atoms with van der Waals surface area (Å²) in [5, 5.41) is 9.27. The molecule has 0 fully saturated rings. The van der Waals surface area contributed by atoms with Crippen LogP contribution >= 0.6 is 0 Å². The molecule has 0 amide bonds. The fourth-order valence-electron chi connectivity index (χ4n) is 2.10. The van der Waals surface area contributed by atoms with E-state index in [1.165, 1.54) is 5.56 Å².